The van der Waals surface area contributed by atoms with E-state index >= 15 is 0 Å². The monoisotopic (exact) mass is 431 g/mol. The van der Waals surface area contributed by atoms with Crippen molar-refractivity contribution in [2.24, 2.45) is 0 Å². The van der Waals surface area contributed by atoms with Gasteiger partial charge in [-0.05, 0) is 48.9 Å². The number of pyridine rings is 1. The molecule has 3 N–H and O–H groups in total. The number of nitrogens with zero attached hydrogens (tertiary/aromatic N) is 1. The van der Waals surface area contributed by atoms with Gasteiger partial charge < -0.3 is 20.5 Å². The molecule has 31 heavy (non-hydrogen) atoms. The highest BCUT2D eigenvalue weighted by Gasteiger charge is 2.23. The van der Waals surface area contributed by atoms with E-state index in [-0.39, 0.29) is 5.56 Å². The first-order valence-corrected chi connectivity index (χ1v) is 10.1. The predicted octanol–water partition coefficient (Wildman–Crippen LogP) is 5.76. The molecule has 1 aromatic heterocycles. The number of nitrogens with one attached hydrogen (secondary N) is 2. The van der Waals surface area contributed by atoms with Gasteiger partial charge in [-0.25, -0.2) is 4.79 Å². The van der Waals surface area contributed by atoms with E-state index in [1.54, 1.807) is 19.1 Å². The van der Waals surface area contributed by atoms with Crippen molar-refractivity contribution in [3.05, 3.63) is 83.0 Å². The second kappa shape index (κ2) is 7.49. The molecule has 0 aliphatic carbocycles. The van der Waals surface area contributed by atoms with Crippen LogP contribution in [-0.4, -0.2) is 22.4 Å². The fraction of sp³-hybridized carbons (Fsp3) is 0.0833. The maximum Gasteiger partial charge on any atom is 0.336 e. The lowest BCUT2D eigenvalue weighted by molar-refractivity contribution is 0.0695. The third-order valence-electron chi connectivity index (χ3n) is 5.28. The second-order valence-electron chi connectivity index (χ2n) is 7.36. The minimum Gasteiger partial charge on any atom is -0.478 e. The molecule has 0 amide bonds. The number of halogens is 1. The third kappa shape index (κ3) is 3.62. The van der Waals surface area contributed by atoms with Gasteiger partial charge in [-0.15, -0.1) is 0 Å². The van der Waals surface area contributed by atoms with E-state index in [9.17, 15) is 9.90 Å². The maximum atomic E-state index is 11.4. The van der Waals surface area contributed by atoms with Crippen LogP contribution in [-0.2, 0) is 0 Å². The van der Waals surface area contributed by atoms with Crippen LogP contribution in [0, 0.1) is 6.92 Å². The van der Waals surface area contributed by atoms with Crippen LogP contribution in [0.5, 0.6) is 5.75 Å². The molecule has 6 nitrogen and oxygen atoms in total. The molecule has 0 saturated heterocycles. The Kier molecular flexibility index (Phi) is 4.64. The second-order valence-corrected chi connectivity index (χ2v) is 7.77. The molecule has 0 radical (unpaired) electrons. The highest BCUT2D eigenvalue weighted by molar-refractivity contribution is 6.34. The van der Waals surface area contributed by atoms with Crippen LogP contribution < -0.4 is 15.4 Å². The van der Waals surface area contributed by atoms with Gasteiger partial charge in [-0.3, -0.25) is 4.98 Å². The molecule has 5 rings (SSSR count). The molecule has 0 spiro atoms. The van der Waals surface area contributed by atoms with Crippen molar-refractivity contribution >= 4 is 39.8 Å². The number of rotatable bonds is 4. The maximum absolute atomic E-state index is 11.4. The van der Waals surface area contributed by atoms with Gasteiger partial charge >= 0.3 is 5.97 Å². The van der Waals surface area contributed by atoms with Crippen molar-refractivity contribution in [3.63, 3.8) is 0 Å². The number of anilines is 2. The number of aromatic carboxylic acids is 1. The normalized spacial score (nSPS) is 14.6. The quantitative estimate of drug-likeness (QED) is 0.381. The molecule has 7 heteroatoms. The summed E-state index contributed by atoms with van der Waals surface area (Å²) in [4.78, 5) is 15.9. The lowest BCUT2D eigenvalue weighted by atomic mass is 10.0. The van der Waals surface area contributed by atoms with Crippen LogP contribution in [0.2, 0.25) is 5.02 Å². The van der Waals surface area contributed by atoms with Crippen molar-refractivity contribution in [2.45, 2.75) is 13.3 Å². The van der Waals surface area contributed by atoms with Gasteiger partial charge in [0, 0.05) is 22.7 Å². The topological polar surface area (TPSA) is 83.5 Å². The zero-order valence-electron chi connectivity index (χ0n) is 16.5. The van der Waals surface area contributed by atoms with Crippen LogP contribution in [0.25, 0.3) is 22.0 Å². The Balaban J connectivity index is 1.41. The fourth-order valence-corrected chi connectivity index (χ4v) is 3.94. The van der Waals surface area contributed by atoms with E-state index in [1.165, 1.54) is 6.07 Å². The number of para-hydroxylation sites is 1. The summed E-state index contributed by atoms with van der Waals surface area (Å²) >= 11 is 6.57. The van der Waals surface area contributed by atoms with Crippen molar-refractivity contribution in [2.75, 3.05) is 10.6 Å². The molecule has 154 valence electrons. The van der Waals surface area contributed by atoms with E-state index in [2.05, 4.69) is 21.7 Å². The molecule has 0 bridgehead atoms. The highest BCUT2D eigenvalue weighted by Crippen LogP contribution is 2.39. The summed E-state index contributed by atoms with van der Waals surface area (Å²) in [5.41, 5.74) is 5.23. The zero-order chi connectivity index (χ0) is 21.5. The first-order valence-electron chi connectivity index (χ1n) is 9.70. The van der Waals surface area contributed by atoms with E-state index in [4.69, 9.17) is 16.3 Å². The van der Waals surface area contributed by atoms with Crippen molar-refractivity contribution in [1.29, 1.82) is 0 Å². The Hall–Kier alpha value is -3.77. The van der Waals surface area contributed by atoms with Crippen molar-refractivity contribution in [3.8, 4) is 16.9 Å². The summed E-state index contributed by atoms with van der Waals surface area (Å²) in [6.45, 7) is 1.75. The minimum atomic E-state index is -0.987. The predicted molar refractivity (Wildman–Crippen MR) is 122 cm³/mol. The smallest absolute Gasteiger partial charge is 0.336 e. The number of benzene rings is 3. The molecule has 1 aliphatic rings. The average molecular weight is 432 g/mol. The SMILES string of the molecule is Cc1ccc(OC2Nc3cc(Cl)c(-c4cnc5ccccc5c4)cc3N2)cc1C(=O)O. The molecular weight excluding hydrogens is 414 g/mol. The van der Waals surface area contributed by atoms with Gasteiger partial charge in [0.15, 0.2) is 0 Å². The molecule has 1 unspecified atom stereocenters. The van der Waals surface area contributed by atoms with Crippen LogP contribution in [0.15, 0.2) is 66.9 Å². The van der Waals surface area contributed by atoms with E-state index in [0.29, 0.717) is 16.3 Å². The lowest BCUT2D eigenvalue weighted by Gasteiger charge is -2.15. The number of hydrogen-bond donors (Lipinski definition) is 3. The molecular formula is C24H18ClN3O3. The van der Waals surface area contributed by atoms with Gasteiger partial charge in [-0.1, -0.05) is 35.9 Å². The number of carboxylic acids is 1. The van der Waals surface area contributed by atoms with Crippen LogP contribution in [0.3, 0.4) is 0 Å². The number of ether oxygens (including phenoxy) is 1. The average Bonchev–Trinajstić information content (AvgIpc) is 3.15. The summed E-state index contributed by atoms with van der Waals surface area (Å²) in [6, 6.07) is 18.8. The van der Waals surface area contributed by atoms with Gasteiger partial charge in [0.1, 0.15) is 5.75 Å². The summed E-state index contributed by atoms with van der Waals surface area (Å²) < 4.78 is 5.91. The number of fused-ring (bicyclic) bond motifs is 2. The highest BCUT2D eigenvalue weighted by atomic mass is 35.5. The molecule has 1 aliphatic heterocycles. The van der Waals surface area contributed by atoms with E-state index in [0.717, 1.165) is 33.4 Å². The van der Waals surface area contributed by atoms with E-state index < -0.39 is 12.3 Å². The van der Waals surface area contributed by atoms with Gasteiger partial charge in [0.05, 0.1) is 27.5 Å². The number of aromatic nitrogens is 1. The summed E-state index contributed by atoms with van der Waals surface area (Å²) in [6.07, 6.45) is 1.26. The number of carbonyl (C=O) groups is 1. The number of carboxylic acid groups (broad SMARTS) is 1. The third-order valence-corrected chi connectivity index (χ3v) is 5.59. The van der Waals surface area contributed by atoms with Gasteiger partial charge in [-0.2, -0.15) is 0 Å². The summed E-state index contributed by atoms with van der Waals surface area (Å²) in [5.74, 6) is -0.537. The Morgan fingerprint density at radius 2 is 1.84 bits per heavy atom. The number of aryl methyl sites for hydroxylation is 1. The number of hydrogen-bond acceptors (Lipinski definition) is 5. The van der Waals surface area contributed by atoms with Crippen LogP contribution >= 0.6 is 11.6 Å². The van der Waals surface area contributed by atoms with Crippen molar-refractivity contribution < 1.29 is 14.6 Å². The molecule has 2 heterocycles. The first-order chi connectivity index (χ1) is 15.0. The Labute approximate surface area is 183 Å². The molecule has 0 fully saturated rings. The largest absolute Gasteiger partial charge is 0.478 e. The van der Waals surface area contributed by atoms with Crippen LogP contribution in [0.1, 0.15) is 15.9 Å². The summed E-state index contributed by atoms with van der Waals surface area (Å²) in [5, 5.41) is 17.4. The van der Waals surface area contributed by atoms with Gasteiger partial charge in [0.25, 0.3) is 0 Å². The molecule has 4 aromatic rings. The Bertz CT molecular complexity index is 1340. The Morgan fingerprint density at radius 1 is 1.06 bits per heavy atom. The zero-order valence-corrected chi connectivity index (χ0v) is 17.3. The molecule has 3 aromatic carbocycles. The first kappa shape index (κ1) is 19.2. The van der Waals surface area contributed by atoms with Crippen molar-refractivity contribution in [1.82, 2.24) is 4.98 Å². The van der Waals surface area contributed by atoms with Crippen LogP contribution in [0.4, 0.5) is 11.4 Å². The minimum absolute atomic E-state index is 0.210. The standard InChI is InChI=1S/C24H18ClN3O3/c1-13-6-7-16(9-17(13)23(29)30)31-24-27-21-10-18(19(25)11-22(21)28-24)15-8-14-4-2-3-5-20(14)26-12-15/h2-12,24,27-28H,1H3,(H,29,30). The Morgan fingerprint density at radius 3 is 2.65 bits per heavy atom. The van der Waals surface area contributed by atoms with E-state index in [1.807, 2.05) is 42.6 Å². The molecule has 1 atom stereocenters. The molecule has 0 saturated carbocycles. The lowest BCUT2D eigenvalue weighted by Crippen LogP contribution is -2.29. The summed E-state index contributed by atoms with van der Waals surface area (Å²) in [7, 11) is 0. The van der Waals surface area contributed by atoms with Gasteiger partial charge in [0.2, 0.25) is 6.35 Å². The fourth-order valence-electron chi connectivity index (χ4n) is 3.67.